The Morgan fingerprint density at radius 1 is 1.11 bits per heavy atom. The van der Waals surface area contributed by atoms with Gasteiger partial charge < -0.3 is 9.32 Å². The number of nitrogens with zero attached hydrogens (tertiary/aromatic N) is 2. The Hall–Kier alpha value is -1.86. The summed E-state index contributed by atoms with van der Waals surface area (Å²) in [6.07, 6.45) is 5.02. The summed E-state index contributed by atoms with van der Waals surface area (Å²) < 4.78 is 33.4. The number of carbonyl (C=O) groups excluding carboxylic acids is 1. The smallest absolute Gasteiger partial charge is 0.289 e. The van der Waals surface area contributed by atoms with Gasteiger partial charge in [-0.15, -0.1) is 0 Å². The third-order valence-corrected chi connectivity index (χ3v) is 7.89. The van der Waals surface area contributed by atoms with Crippen molar-refractivity contribution in [2.75, 3.05) is 26.2 Å². The Morgan fingerprint density at radius 3 is 2.57 bits per heavy atom. The van der Waals surface area contributed by atoms with E-state index in [0.29, 0.717) is 41.3 Å². The van der Waals surface area contributed by atoms with Crippen LogP contribution in [0, 0.1) is 12.8 Å². The van der Waals surface area contributed by atoms with Crippen LogP contribution in [0.5, 0.6) is 0 Å². The molecule has 1 aromatic heterocycles. The van der Waals surface area contributed by atoms with Crippen molar-refractivity contribution in [2.45, 2.75) is 50.8 Å². The molecule has 1 amide bonds. The highest BCUT2D eigenvalue weighted by atomic mass is 32.2. The molecule has 7 heteroatoms. The topological polar surface area (TPSA) is 70.8 Å². The van der Waals surface area contributed by atoms with Crippen molar-refractivity contribution in [3.05, 3.63) is 29.5 Å². The lowest BCUT2D eigenvalue weighted by molar-refractivity contribution is 0.0652. The fourth-order valence-corrected chi connectivity index (χ4v) is 5.88. The maximum absolute atomic E-state index is 13.0. The number of carbonyl (C=O) groups is 1. The van der Waals surface area contributed by atoms with E-state index in [1.54, 1.807) is 22.5 Å². The Kier molecular flexibility index (Phi) is 5.22. The molecular weight excluding hydrogens is 376 g/mol. The molecule has 2 fully saturated rings. The molecule has 0 saturated carbocycles. The zero-order valence-corrected chi connectivity index (χ0v) is 17.4. The normalized spacial score (nSPS) is 21.9. The number of rotatable bonds is 3. The van der Waals surface area contributed by atoms with E-state index in [2.05, 4.69) is 6.92 Å². The molecule has 1 aromatic carbocycles. The molecule has 6 nitrogen and oxygen atoms in total. The Morgan fingerprint density at radius 2 is 1.86 bits per heavy atom. The molecule has 3 heterocycles. The Labute approximate surface area is 166 Å². The number of sulfonamides is 1. The highest BCUT2D eigenvalue weighted by Crippen LogP contribution is 2.31. The third-order valence-electron chi connectivity index (χ3n) is 6.00. The van der Waals surface area contributed by atoms with Crippen molar-refractivity contribution in [3.8, 4) is 0 Å². The first-order valence-corrected chi connectivity index (χ1v) is 11.6. The van der Waals surface area contributed by atoms with Gasteiger partial charge in [-0.25, -0.2) is 8.42 Å². The summed E-state index contributed by atoms with van der Waals surface area (Å²) in [7, 11) is -3.51. The van der Waals surface area contributed by atoms with Gasteiger partial charge in [0.25, 0.3) is 5.91 Å². The molecule has 0 N–H and O–H groups in total. The summed E-state index contributed by atoms with van der Waals surface area (Å²) in [5, 5.41) is 0.700. The first-order chi connectivity index (χ1) is 13.4. The molecule has 2 aliphatic heterocycles. The molecule has 28 heavy (non-hydrogen) atoms. The van der Waals surface area contributed by atoms with Crippen LogP contribution in [0.25, 0.3) is 11.0 Å². The minimum Gasteiger partial charge on any atom is -0.451 e. The summed E-state index contributed by atoms with van der Waals surface area (Å²) in [5.74, 6) is 0.723. The number of hydrogen-bond donors (Lipinski definition) is 0. The standard InChI is InChI=1S/C21H28N2O4S/c1-15-7-6-10-22(14-15)21(24)20-16(2)18-13-17(8-9-19(18)27-20)28(25,26)23-11-4-3-5-12-23/h8-9,13,15H,3-7,10-12,14H2,1-2H3. The van der Waals surface area contributed by atoms with Crippen molar-refractivity contribution in [3.63, 3.8) is 0 Å². The second-order valence-corrected chi connectivity index (χ2v) is 10.1. The molecule has 4 rings (SSSR count). The fraction of sp³-hybridized carbons (Fsp3) is 0.571. The second kappa shape index (κ2) is 7.52. The highest BCUT2D eigenvalue weighted by molar-refractivity contribution is 7.89. The van der Waals surface area contributed by atoms with Gasteiger partial charge in [-0.1, -0.05) is 13.3 Å². The number of furan rings is 1. The number of piperidine rings is 2. The molecule has 0 radical (unpaired) electrons. The van der Waals surface area contributed by atoms with Crippen LogP contribution in [0.2, 0.25) is 0 Å². The molecule has 2 aromatic rings. The molecule has 0 spiro atoms. The molecule has 2 saturated heterocycles. The predicted molar refractivity (Wildman–Crippen MR) is 108 cm³/mol. The molecule has 1 atom stereocenters. The van der Waals surface area contributed by atoms with Gasteiger partial charge in [0.1, 0.15) is 5.58 Å². The molecule has 0 bridgehead atoms. The van der Waals surface area contributed by atoms with E-state index in [1.165, 1.54) is 0 Å². The van der Waals surface area contributed by atoms with E-state index in [9.17, 15) is 13.2 Å². The fourth-order valence-electron chi connectivity index (χ4n) is 4.34. The van der Waals surface area contributed by atoms with Gasteiger partial charge in [-0.2, -0.15) is 4.31 Å². The van der Waals surface area contributed by atoms with Crippen LogP contribution in [0.3, 0.4) is 0 Å². The second-order valence-electron chi connectivity index (χ2n) is 8.18. The zero-order chi connectivity index (χ0) is 19.9. The van der Waals surface area contributed by atoms with Crippen molar-refractivity contribution < 1.29 is 17.6 Å². The van der Waals surface area contributed by atoms with E-state index in [1.807, 2.05) is 11.8 Å². The quantitative estimate of drug-likeness (QED) is 0.780. The molecular formula is C21H28N2O4S. The van der Waals surface area contributed by atoms with Gasteiger partial charge in [-0.3, -0.25) is 4.79 Å². The van der Waals surface area contributed by atoms with Gasteiger partial charge in [0.2, 0.25) is 10.0 Å². The van der Waals surface area contributed by atoms with Crippen LogP contribution in [-0.4, -0.2) is 49.7 Å². The van der Waals surface area contributed by atoms with E-state index in [-0.39, 0.29) is 10.8 Å². The number of benzene rings is 1. The van der Waals surface area contributed by atoms with Crippen molar-refractivity contribution >= 4 is 26.9 Å². The minimum atomic E-state index is -3.51. The average Bonchev–Trinajstić information content (AvgIpc) is 3.04. The van der Waals surface area contributed by atoms with E-state index in [4.69, 9.17) is 4.42 Å². The first kappa shape index (κ1) is 19.5. The largest absolute Gasteiger partial charge is 0.451 e. The van der Waals surface area contributed by atoms with Crippen LogP contribution < -0.4 is 0 Å². The van der Waals surface area contributed by atoms with Crippen molar-refractivity contribution in [1.82, 2.24) is 9.21 Å². The third kappa shape index (κ3) is 3.46. The van der Waals surface area contributed by atoms with Gasteiger partial charge in [-0.05, 0) is 56.7 Å². The summed E-state index contributed by atoms with van der Waals surface area (Å²) in [6.45, 7) is 6.62. The molecule has 0 aliphatic carbocycles. The van der Waals surface area contributed by atoms with Crippen molar-refractivity contribution in [1.29, 1.82) is 0 Å². The van der Waals surface area contributed by atoms with Crippen LogP contribution >= 0.6 is 0 Å². The van der Waals surface area contributed by atoms with Gasteiger partial charge in [0.15, 0.2) is 5.76 Å². The first-order valence-electron chi connectivity index (χ1n) is 10.2. The highest BCUT2D eigenvalue weighted by Gasteiger charge is 2.29. The summed E-state index contributed by atoms with van der Waals surface area (Å²) >= 11 is 0. The number of fused-ring (bicyclic) bond motifs is 1. The van der Waals surface area contributed by atoms with Crippen LogP contribution in [0.1, 0.15) is 55.1 Å². The summed E-state index contributed by atoms with van der Waals surface area (Å²) in [6, 6.07) is 4.93. The average molecular weight is 405 g/mol. The van der Waals surface area contributed by atoms with E-state index < -0.39 is 10.0 Å². The zero-order valence-electron chi connectivity index (χ0n) is 16.6. The maximum Gasteiger partial charge on any atom is 0.289 e. The summed E-state index contributed by atoms with van der Waals surface area (Å²) in [4.78, 5) is 15.1. The van der Waals surface area contributed by atoms with Crippen LogP contribution in [0.15, 0.2) is 27.5 Å². The number of likely N-dealkylation sites (tertiary alicyclic amines) is 1. The monoisotopic (exact) mass is 404 g/mol. The Balaban J connectivity index is 1.67. The Bertz CT molecular complexity index is 989. The van der Waals surface area contributed by atoms with Gasteiger partial charge >= 0.3 is 0 Å². The van der Waals surface area contributed by atoms with E-state index in [0.717, 1.165) is 45.2 Å². The van der Waals surface area contributed by atoms with Crippen LogP contribution in [0.4, 0.5) is 0 Å². The molecule has 2 aliphatic rings. The number of aryl methyl sites for hydroxylation is 1. The van der Waals surface area contributed by atoms with Crippen molar-refractivity contribution in [2.24, 2.45) is 5.92 Å². The SMILES string of the molecule is Cc1c(C(=O)N2CCCC(C)C2)oc2ccc(S(=O)(=O)N3CCCCC3)cc12. The van der Waals surface area contributed by atoms with E-state index >= 15 is 0 Å². The van der Waals surface area contributed by atoms with Crippen LogP contribution in [-0.2, 0) is 10.0 Å². The van der Waals surface area contributed by atoms with Gasteiger partial charge in [0.05, 0.1) is 4.90 Å². The lowest BCUT2D eigenvalue weighted by Crippen LogP contribution is -2.39. The predicted octanol–water partition coefficient (Wildman–Crippen LogP) is 3.79. The lowest BCUT2D eigenvalue weighted by Gasteiger charge is -2.30. The summed E-state index contributed by atoms with van der Waals surface area (Å²) in [5.41, 5.74) is 1.28. The van der Waals surface area contributed by atoms with Gasteiger partial charge in [0, 0.05) is 37.1 Å². The number of amides is 1. The molecule has 1 unspecified atom stereocenters. The maximum atomic E-state index is 13.0. The minimum absolute atomic E-state index is 0.0966. The molecule has 152 valence electrons. The number of hydrogen-bond acceptors (Lipinski definition) is 4. The lowest BCUT2D eigenvalue weighted by atomic mass is 10.00.